The number of fused-ring (bicyclic) bond motifs is 1. The first kappa shape index (κ1) is 16.6. The SMILES string of the molecule is C=CCn1c(=O)oc2ccc(C(=O)NCc3ccc(OC)cc3)cc21. The molecule has 1 aromatic heterocycles. The molecule has 0 bridgehead atoms. The molecule has 0 aliphatic rings. The monoisotopic (exact) mass is 338 g/mol. The van der Waals surface area contributed by atoms with Crippen molar-refractivity contribution in [2.45, 2.75) is 13.1 Å². The molecule has 2 aromatic carbocycles. The number of nitrogens with one attached hydrogen (secondary N) is 1. The molecular weight excluding hydrogens is 320 g/mol. The number of amides is 1. The number of allylic oxidation sites excluding steroid dienone is 1. The summed E-state index contributed by atoms with van der Waals surface area (Å²) in [5, 5.41) is 2.86. The van der Waals surface area contributed by atoms with Gasteiger partial charge < -0.3 is 14.5 Å². The van der Waals surface area contributed by atoms with E-state index >= 15 is 0 Å². The van der Waals surface area contributed by atoms with Crippen LogP contribution in [0.4, 0.5) is 0 Å². The van der Waals surface area contributed by atoms with E-state index in [0.29, 0.717) is 29.8 Å². The Bertz CT molecular complexity index is 967. The minimum absolute atomic E-state index is 0.225. The highest BCUT2D eigenvalue weighted by Gasteiger charge is 2.12. The van der Waals surface area contributed by atoms with Gasteiger partial charge in [-0.15, -0.1) is 6.58 Å². The van der Waals surface area contributed by atoms with Crippen molar-refractivity contribution >= 4 is 17.0 Å². The lowest BCUT2D eigenvalue weighted by Gasteiger charge is -2.07. The van der Waals surface area contributed by atoms with Crippen molar-refractivity contribution in [1.29, 1.82) is 0 Å². The van der Waals surface area contributed by atoms with E-state index in [1.807, 2.05) is 24.3 Å². The number of carbonyl (C=O) groups excluding carboxylic acids is 1. The average Bonchev–Trinajstić information content (AvgIpc) is 2.95. The summed E-state index contributed by atoms with van der Waals surface area (Å²) in [7, 11) is 1.61. The molecule has 0 saturated heterocycles. The van der Waals surface area contributed by atoms with E-state index in [2.05, 4.69) is 11.9 Å². The largest absolute Gasteiger partial charge is 0.497 e. The topological polar surface area (TPSA) is 73.5 Å². The highest BCUT2D eigenvalue weighted by Crippen LogP contribution is 2.16. The van der Waals surface area contributed by atoms with E-state index in [-0.39, 0.29) is 5.91 Å². The third-order valence-electron chi connectivity index (χ3n) is 3.85. The van der Waals surface area contributed by atoms with Crippen LogP contribution < -0.4 is 15.8 Å². The first-order valence-electron chi connectivity index (χ1n) is 7.78. The van der Waals surface area contributed by atoms with Crippen molar-refractivity contribution in [3.8, 4) is 5.75 Å². The normalized spacial score (nSPS) is 10.6. The van der Waals surface area contributed by atoms with E-state index < -0.39 is 5.76 Å². The highest BCUT2D eigenvalue weighted by molar-refractivity contribution is 5.97. The summed E-state index contributed by atoms with van der Waals surface area (Å²) in [6, 6.07) is 12.4. The van der Waals surface area contributed by atoms with Crippen LogP contribution in [0, 0.1) is 0 Å². The quantitative estimate of drug-likeness (QED) is 0.701. The van der Waals surface area contributed by atoms with Crippen LogP contribution in [0.3, 0.4) is 0 Å². The number of hydrogen-bond acceptors (Lipinski definition) is 4. The number of benzene rings is 2. The maximum absolute atomic E-state index is 12.4. The molecule has 0 fully saturated rings. The molecule has 1 N–H and O–H groups in total. The van der Waals surface area contributed by atoms with Gasteiger partial charge in [0.15, 0.2) is 5.58 Å². The van der Waals surface area contributed by atoms with Crippen molar-refractivity contribution in [3.05, 3.63) is 76.8 Å². The number of ether oxygens (including phenoxy) is 1. The molecule has 128 valence electrons. The van der Waals surface area contributed by atoms with Crippen molar-refractivity contribution in [3.63, 3.8) is 0 Å². The van der Waals surface area contributed by atoms with E-state index in [1.54, 1.807) is 31.4 Å². The molecule has 0 spiro atoms. The number of hydrogen-bond donors (Lipinski definition) is 1. The van der Waals surface area contributed by atoms with Gasteiger partial charge in [0.1, 0.15) is 5.75 Å². The molecule has 1 amide bonds. The fourth-order valence-electron chi connectivity index (χ4n) is 2.53. The van der Waals surface area contributed by atoms with E-state index in [1.165, 1.54) is 4.57 Å². The molecule has 6 nitrogen and oxygen atoms in total. The summed E-state index contributed by atoms with van der Waals surface area (Å²) in [5.41, 5.74) is 2.43. The van der Waals surface area contributed by atoms with Gasteiger partial charge in [0.2, 0.25) is 0 Å². The molecular formula is C19H18N2O4. The van der Waals surface area contributed by atoms with Crippen molar-refractivity contribution < 1.29 is 13.9 Å². The van der Waals surface area contributed by atoms with Crippen molar-refractivity contribution in [1.82, 2.24) is 9.88 Å². The smallest absolute Gasteiger partial charge is 0.420 e. The van der Waals surface area contributed by atoms with Gasteiger partial charge in [-0.25, -0.2) is 4.79 Å². The van der Waals surface area contributed by atoms with Crippen LogP contribution in [-0.2, 0) is 13.1 Å². The third kappa shape index (κ3) is 3.47. The van der Waals surface area contributed by atoms with Gasteiger partial charge in [0.05, 0.1) is 12.6 Å². The maximum Gasteiger partial charge on any atom is 0.420 e. The molecule has 3 aromatic rings. The molecule has 0 atom stereocenters. The minimum Gasteiger partial charge on any atom is -0.497 e. The van der Waals surface area contributed by atoms with Gasteiger partial charge in [-0.3, -0.25) is 9.36 Å². The zero-order valence-corrected chi connectivity index (χ0v) is 13.8. The van der Waals surface area contributed by atoms with Crippen LogP contribution in [0.1, 0.15) is 15.9 Å². The number of aromatic nitrogens is 1. The summed E-state index contributed by atoms with van der Waals surface area (Å²) in [4.78, 5) is 24.2. The molecule has 25 heavy (non-hydrogen) atoms. The Labute approximate surface area is 144 Å². The van der Waals surface area contributed by atoms with E-state index in [4.69, 9.17) is 9.15 Å². The first-order valence-corrected chi connectivity index (χ1v) is 7.78. The van der Waals surface area contributed by atoms with Crippen LogP contribution >= 0.6 is 0 Å². The van der Waals surface area contributed by atoms with E-state index in [9.17, 15) is 9.59 Å². The van der Waals surface area contributed by atoms with Crippen molar-refractivity contribution in [2.75, 3.05) is 7.11 Å². The lowest BCUT2D eigenvalue weighted by atomic mass is 10.1. The summed E-state index contributed by atoms with van der Waals surface area (Å²) in [5.74, 6) is 0.0721. The second-order valence-electron chi connectivity index (χ2n) is 5.48. The number of carbonyl (C=O) groups is 1. The van der Waals surface area contributed by atoms with Gasteiger partial charge in [-0.1, -0.05) is 18.2 Å². The standard InChI is InChI=1S/C19H18N2O4/c1-3-10-21-16-11-14(6-9-17(16)25-19(21)23)18(22)20-12-13-4-7-15(24-2)8-5-13/h3-9,11H,1,10,12H2,2H3,(H,20,22). The van der Waals surface area contributed by atoms with Gasteiger partial charge in [0, 0.05) is 18.7 Å². The number of methoxy groups -OCH3 is 1. The Morgan fingerprint density at radius 1 is 1.28 bits per heavy atom. The number of oxazole rings is 1. The Morgan fingerprint density at radius 3 is 2.72 bits per heavy atom. The Balaban J connectivity index is 1.78. The van der Waals surface area contributed by atoms with Crippen LogP contribution in [-0.4, -0.2) is 17.6 Å². The fourth-order valence-corrected chi connectivity index (χ4v) is 2.53. The molecule has 1 heterocycles. The summed E-state index contributed by atoms with van der Waals surface area (Å²) in [6.45, 7) is 4.34. The van der Waals surface area contributed by atoms with Crippen LogP contribution in [0.25, 0.3) is 11.1 Å². The molecule has 3 rings (SSSR count). The molecule has 0 unspecified atom stereocenters. The van der Waals surface area contributed by atoms with E-state index in [0.717, 1.165) is 11.3 Å². The Kier molecular flexibility index (Phi) is 4.70. The maximum atomic E-state index is 12.4. The van der Waals surface area contributed by atoms with Gasteiger partial charge in [0.25, 0.3) is 5.91 Å². The number of nitrogens with zero attached hydrogens (tertiary/aromatic N) is 1. The predicted molar refractivity (Wildman–Crippen MR) is 94.8 cm³/mol. The molecule has 0 aliphatic heterocycles. The second kappa shape index (κ2) is 7.09. The lowest BCUT2D eigenvalue weighted by Crippen LogP contribution is -2.22. The molecule has 0 radical (unpaired) electrons. The molecule has 0 saturated carbocycles. The van der Waals surface area contributed by atoms with Gasteiger partial charge in [-0.2, -0.15) is 0 Å². The van der Waals surface area contributed by atoms with Crippen LogP contribution in [0.2, 0.25) is 0 Å². The highest BCUT2D eigenvalue weighted by atomic mass is 16.5. The zero-order chi connectivity index (χ0) is 17.8. The minimum atomic E-state index is -0.467. The summed E-state index contributed by atoms with van der Waals surface area (Å²) < 4.78 is 11.7. The van der Waals surface area contributed by atoms with Gasteiger partial charge >= 0.3 is 5.76 Å². The predicted octanol–water partition coefficient (Wildman–Crippen LogP) is 2.72. The third-order valence-corrected chi connectivity index (χ3v) is 3.85. The molecule has 6 heteroatoms. The van der Waals surface area contributed by atoms with Crippen molar-refractivity contribution in [2.24, 2.45) is 0 Å². The molecule has 0 aliphatic carbocycles. The van der Waals surface area contributed by atoms with Gasteiger partial charge in [-0.05, 0) is 35.9 Å². The Morgan fingerprint density at radius 2 is 2.04 bits per heavy atom. The number of rotatable bonds is 6. The first-order chi connectivity index (χ1) is 12.1. The Hall–Kier alpha value is -3.28. The summed E-state index contributed by atoms with van der Waals surface area (Å²) in [6.07, 6.45) is 1.60. The second-order valence-corrected chi connectivity index (χ2v) is 5.48. The van der Waals surface area contributed by atoms with Crippen LogP contribution in [0.5, 0.6) is 5.75 Å². The van der Waals surface area contributed by atoms with Crippen LogP contribution in [0.15, 0.2) is 64.3 Å². The summed E-state index contributed by atoms with van der Waals surface area (Å²) >= 11 is 0. The zero-order valence-electron chi connectivity index (χ0n) is 13.8. The lowest BCUT2D eigenvalue weighted by molar-refractivity contribution is 0.0951. The fraction of sp³-hybridized carbons (Fsp3) is 0.158. The average molecular weight is 338 g/mol.